The molecule has 0 saturated carbocycles. The third-order valence-corrected chi connectivity index (χ3v) is 6.24. The molecule has 0 bridgehead atoms. The Morgan fingerprint density at radius 3 is 2.62 bits per heavy atom. The van der Waals surface area contributed by atoms with Crippen molar-refractivity contribution in [3.05, 3.63) is 59.2 Å². The van der Waals surface area contributed by atoms with Crippen LogP contribution in [0.4, 0.5) is 0 Å². The largest absolute Gasteiger partial charge is 0.379 e. The highest BCUT2D eigenvalue weighted by atomic mass is 32.2. The Morgan fingerprint density at radius 2 is 1.91 bits per heavy atom. The zero-order valence-corrected chi connectivity index (χ0v) is 18.7. The minimum absolute atomic E-state index is 0.328. The number of rotatable bonds is 7. The SMILES string of the molecule is CS[C@@H](Cn1nnc2cc(C#Cc3ccc(CN4CCOCC4)cc3)ccc21)N(O)C=O. The Hall–Kier alpha value is -2.90. The molecule has 1 atom stereocenters. The fourth-order valence-corrected chi connectivity index (χ4v) is 4.08. The summed E-state index contributed by atoms with van der Waals surface area (Å²) in [5, 5.41) is 18.2. The first kappa shape index (κ1) is 22.3. The molecule has 0 aliphatic carbocycles. The second kappa shape index (κ2) is 10.6. The number of amides is 1. The molecule has 1 N–H and O–H groups in total. The van der Waals surface area contributed by atoms with E-state index in [0.29, 0.717) is 23.5 Å². The van der Waals surface area contributed by atoms with E-state index in [-0.39, 0.29) is 0 Å². The van der Waals surface area contributed by atoms with Crippen LogP contribution in [0, 0.1) is 11.8 Å². The lowest BCUT2D eigenvalue weighted by atomic mass is 10.1. The number of hydrogen-bond acceptors (Lipinski definition) is 7. The van der Waals surface area contributed by atoms with Crippen molar-refractivity contribution in [2.45, 2.75) is 18.5 Å². The van der Waals surface area contributed by atoms with E-state index >= 15 is 0 Å². The fourth-order valence-electron chi connectivity index (χ4n) is 3.52. The Balaban J connectivity index is 1.43. The molecular formula is C23H25N5O3S. The first-order valence-corrected chi connectivity index (χ1v) is 11.6. The predicted octanol–water partition coefficient (Wildman–Crippen LogP) is 2.20. The average molecular weight is 452 g/mol. The topological polar surface area (TPSA) is 83.7 Å². The molecule has 0 unspecified atom stereocenters. The van der Waals surface area contributed by atoms with Crippen LogP contribution in [0.25, 0.3) is 11.0 Å². The molecule has 0 radical (unpaired) electrons. The second-order valence-electron chi connectivity index (χ2n) is 7.49. The maximum Gasteiger partial charge on any atom is 0.234 e. The molecule has 1 amide bonds. The number of morpholine rings is 1. The van der Waals surface area contributed by atoms with Crippen LogP contribution in [0.3, 0.4) is 0 Å². The van der Waals surface area contributed by atoms with E-state index in [2.05, 4.69) is 39.2 Å². The van der Waals surface area contributed by atoms with Crippen LogP contribution >= 0.6 is 11.8 Å². The van der Waals surface area contributed by atoms with Crippen LogP contribution in [0.2, 0.25) is 0 Å². The summed E-state index contributed by atoms with van der Waals surface area (Å²) in [6.45, 7) is 4.82. The number of aromatic nitrogens is 3. The van der Waals surface area contributed by atoms with Gasteiger partial charge in [0.1, 0.15) is 10.9 Å². The number of hydroxylamine groups is 2. The summed E-state index contributed by atoms with van der Waals surface area (Å²) in [5.41, 5.74) is 4.61. The Morgan fingerprint density at radius 1 is 1.19 bits per heavy atom. The van der Waals surface area contributed by atoms with Gasteiger partial charge in [0, 0.05) is 30.8 Å². The van der Waals surface area contributed by atoms with Crippen molar-refractivity contribution in [2.75, 3.05) is 32.6 Å². The summed E-state index contributed by atoms with van der Waals surface area (Å²) < 4.78 is 7.07. The second-order valence-corrected chi connectivity index (χ2v) is 8.50. The number of nitrogens with zero attached hydrogens (tertiary/aromatic N) is 5. The van der Waals surface area contributed by atoms with Crippen molar-refractivity contribution in [1.29, 1.82) is 0 Å². The van der Waals surface area contributed by atoms with E-state index in [9.17, 15) is 10.0 Å². The van der Waals surface area contributed by atoms with Crippen LogP contribution in [0.15, 0.2) is 42.5 Å². The number of benzene rings is 2. The molecule has 8 nitrogen and oxygen atoms in total. The predicted molar refractivity (Wildman–Crippen MR) is 123 cm³/mol. The summed E-state index contributed by atoms with van der Waals surface area (Å²) in [7, 11) is 0. The van der Waals surface area contributed by atoms with Gasteiger partial charge in [0.25, 0.3) is 0 Å². The summed E-state index contributed by atoms with van der Waals surface area (Å²) in [5.74, 6) is 6.40. The van der Waals surface area contributed by atoms with Gasteiger partial charge in [-0.15, -0.1) is 16.9 Å². The molecular weight excluding hydrogens is 426 g/mol. The maximum atomic E-state index is 10.8. The highest BCUT2D eigenvalue weighted by Crippen LogP contribution is 2.17. The van der Waals surface area contributed by atoms with Crippen LogP contribution in [0.5, 0.6) is 0 Å². The number of ether oxygens (including phenoxy) is 1. The average Bonchev–Trinajstić information content (AvgIpc) is 3.24. The Kier molecular flexibility index (Phi) is 7.39. The third-order valence-electron chi connectivity index (χ3n) is 5.33. The highest BCUT2D eigenvalue weighted by Gasteiger charge is 2.17. The molecule has 0 spiro atoms. The van der Waals surface area contributed by atoms with E-state index in [1.807, 2.05) is 36.6 Å². The van der Waals surface area contributed by atoms with Crippen LogP contribution in [-0.2, 0) is 22.6 Å². The van der Waals surface area contributed by atoms with E-state index in [1.165, 1.54) is 17.3 Å². The maximum absolute atomic E-state index is 10.8. The van der Waals surface area contributed by atoms with Crippen molar-refractivity contribution >= 4 is 29.2 Å². The van der Waals surface area contributed by atoms with Gasteiger partial charge < -0.3 is 4.74 Å². The minimum atomic E-state index is -0.442. The lowest BCUT2D eigenvalue weighted by Crippen LogP contribution is -2.35. The number of hydrogen-bond donors (Lipinski definition) is 1. The molecule has 32 heavy (non-hydrogen) atoms. The lowest BCUT2D eigenvalue weighted by molar-refractivity contribution is -0.153. The first-order chi connectivity index (χ1) is 15.7. The molecule has 4 rings (SSSR count). The highest BCUT2D eigenvalue weighted by molar-refractivity contribution is 7.99. The molecule has 166 valence electrons. The van der Waals surface area contributed by atoms with Crippen LogP contribution in [-0.4, -0.2) is 74.5 Å². The molecule has 1 aliphatic rings. The van der Waals surface area contributed by atoms with E-state index in [4.69, 9.17) is 4.74 Å². The number of fused-ring (bicyclic) bond motifs is 1. The van der Waals surface area contributed by atoms with Gasteiger partial charge in [-0.25, -0.2) is 9.75 Å². The Labute approximate surface area is 191 Å². The van der Waals surface area contributed by atoms with Gasteiger partial charge in [-0.1, -0.05) is 29.2 Å². The van der Waals surface area contributed by atoms with Gasteiger partial charge in [0.2, 0.25) is 6.41 Å². The normalized spacial score (nSPS) is 15.2. The number of carbonyl (C=O) groups excluding carboxylic acids is 1. The van der Waals surface area contributed by atoms with E-state index < -0.39 is 5.37 Å². The van der Waals surface area contributed by atoms with Crippen molar-refractivity contribution in [2.24, 2.45) is 0 Å². The van der Waals surface area contributed by atoms with Crippen LogP contribution < -0.4 is 0 Å². The molecule has 1 fully saturated rings. The van der Waals surface area contributed by atoms with Crippen molar-refractivity contribution in [1.82, 2.24) is 25.0 Å². The first-order valence-electron chi connectivity index (χ1n) is 10.4. The molecule has 1 aliphatic heterocycles. The zero-order valence-electron chi connectivity index (χ0n) is 17.8. The van der Waals surface area contributed by atoms with Crippen molar-refractivity contribution in [3.8, 4) is 11.8 Å². The Bertz CT molecular complexity index is 1120. The van der Waals surface area contributed by atoms with Gasteiger partial charge in [-0.05, 0) is 42.2 Å². The van der Waals surface area contributed by atoms with E-state index in [0.717, 1.165) is 49.5 Å². The van der Waals surface area contributed by atoms with E-state index in [1.54, 1.807) is 4.68 Å². The summed E-state index contributed by atoms with van der Waals surface area (Å²) in [6.07, 6.45) is 2.21. The summed E-state index contributed by atoms with van der Waals surface area (Å²) in [4.78, 5) is 13.2. The molecule has 1 aromatic heterocycles. The lowest BCUT2D eigenvalue weighted by Gasteiger charge is -2.26. The number of carbonyl (C=O) groups is 1. The summed E-state index contributed by atoms with van der Waals surface area (Å²) >= 11 is 1.35. The standard InChI is InChI=1S/C23H25N5O3S/c1-32-23(28(30)17-29)16-27-22-9-8-19(14-21(22)24-25-27)5-2-18-3-6-20(7-4-18)15-26-10-12-31-13-11-26/h3-4,6-9,14,17,23,30H,10-13,15-16H2,1H3/t23-/m0/s1. The quantitative estimate of drug-likeness (QED) is 0.194. The van der Waals surface area contributed by atoms with Gasteiger partial charge >= 0.3 is 0 Å². The summed E-state index contributed by atoms with van der Waals surface area (Å²) in [6, 6.07) is 14.1. The number of thioether (sulfide) groups is 1. The zero-order chi connectivity index (χ0) is 22.3. The fraction of sp³-hybridized carbons (Fsp3) is 0.348. The molecule has 2 heterocycles. The van der Waals surface area contributed by atoms with Crippen molar-refractivity contribution < 1.29 is 14.7 Å². The molecule has 2 aromatic carbocycles. The van der Waals surface area contributed by atoms with Gasteiger partial charge in [0.05, 0.1) is 25.3 Å². The van der Waals surface area contributed by atoms with Gasteiger partial charge in [0.15, 0.2) is 0 Å². The molecule has 3 aromatic rings. The molecule has 9 heteroatoms. The van der Waals surface area contributed by atoms with Crippen molar-refractivity contribution in [3.63, 3.8) is 0 Å². The van der Waals surface area contributed by atoms with Gasteiger partial charge in [-0.3, -0.25) is 14.9 Å². The van der Waals surface area contributed by atoms with Gasteiger partial charge in [-0.2, -0.15) is 0 Å². The molecule has 1 saturated heterocycles. The minimum Gasteiger partial charge on any atom is -0.379 e. The third kappa shape index (κ3) is 5.47. The van der Waals surface area contributed by atoms with Crippen LogP contribution in [0.1, 0.15) is 16.7 Å². The smallest absolute Gasteiger partial charge is 0.234 e. The monoisotopic (exact) mass is 451 g/mol.